The summed E-state index contributed by atoms with van der Waals surface area (Å²) < 4.78 is 0. The predicted molar refractivity (Wildman–Crippen MR) is 53.2 cm³/mol. The Morgan fingerprint density at radius 1 is 1.77 bits per heavy atom. The summed E-state index contributed by atoms with van der Waals surface area (Å²) in [4.78, 5) is 13.5. The highest BCUT2D eigenvalue weighted by Gasteiger charge is 2.20. The molecular weight excluding hydrogens is 164 g/mol. The highest BCUT2D eigenvalue weighted by Crippen LogP contribution is 2.10. The van der Waals surface area contributed by atoms with Gasteiger partial charge in [-0.05, 0) is 19.8 Å². The summed E-state index contributed by atoms with van der Waals surface area (Å²) in [6.45, 7) is 5.57. The molecule has 1 rings (SSSR count). The fraction of sp³-hybridized carbons (Fsp3) is 0.700. The third kappa shape index (κ3) is 2.56. The molecule has 0 saturated carbocycles. The first-order valence-electron chi connectivity index (χ1n) is 4.85. The fourth-order valence-electron chi connectivity index (χ4n) is 1.51. The summed E-state index contributed by atoms with van der Waals surface area (Å²) in [6, 6.07) is -0.314. The zero-order valence-electron chi connectivity index (χ0n) is 8.42. The summed E-state index contributed by atoms with van der Waals surface area (Å²) in [5.74, 6) is 0.0925. The number of nitrogens with two attached hydrogens (primary N) is 1. The predicted octanol–water partition coefficient (Wildman–Crippen LogP) is 0.902. The van der Waals surface area contributed by atoms with Crippen molar-refractivity contribution in [3.05, 3.63) is 11.6 Å². The van der Waals surface area contributed by atoms with Gasteiger partial charge in [0, 0.05) is 13.1 Å². The molecule has 0 bridgehead atoms. The normalized spacial score (nSPS) is 19.6. The third-order valence-corrected chi connectivity index (χ3v) is 2.40. The molecular formula is C10H18N2O. The van der Waals surface area contributed by atoms with Gasteiger partial charge in [-0.2, -0.15) is 0 Å². The van der Waals surface area contributed by atoms with Gasteiger partial charge in [0.2, 0.25) is 5.91 Å². The van der Waals surface area contributed by atoms with Crippen LogP contribution in [0.3, 0.4) is 0 Å². The summed E-state index contributed by atoms with van der Waals surface area (Å²) in [5.41, 5.74) is 6.95. The average Bonchev–Trinajstić information content (AvgIpc) is 2.15. The lowest BCUT2D eigenvalue weighted by molar-refractivity contribution is -0.132. The van der Waals surface area contributed by atoms with E-state index < -0.39 is 0 Å². The maximum Gasteiger partial charge on any atom is 0.239 e. The molecule has 13 heavy (non-hydrogen) atoms. The van der Waals surface area contributed by atoms with Crippen molar-refractivity contribution < 1.29 is 4.79 Å². The standard InChI is InChI=1S/C10H18N2O/c1-3-9(11)10(13)12-6-4-5-8(2)7-12/h5,9H,3-4,6-7,11H2,1-2H3/t9-/m0/s1. The van der Waals surface area contributed by atoms with Crippen molar-refractivity contribution >= 4 is 5.91 Å². The van der Waals surface area contributed by atoms with E-state index in [1.165, 1.54) is 5.57 Å². The van der Waals surface area contributed by atoms with Crippen molar-refractivity contribution in [2.45, 2.75) is 32.7 Å². The van der Waals surface area contributed by atoms with E-state index in [0.29, 0.717) is 0 Å². The molecule has 3 heteroatoms. The van der Waals surface area contributed by atoms with Crippen molar-refractivity contribution in [2.24, 2.45) is 5.73 Å². The van der Waals surface area contributed by atoms with Gasteiger partial charge in [-0.15, -0.1) is 0 Å². The number of rotatable bonds is 2. The van der Waals surface area contributed by atoms with Gasteiger partial charge in [-0.25, -0.2) is 0 Å². The van der Waals surface area contributed by atoms with Crippen molar-refractivity contribution in [1.82, 2.24) is 4.90 Å². The molecule has 0 unspecified atom stereocenters. The van der Waals surface area contributed by atoms with Gasteiger partial charge in [-0.3, -0.25) is 4.79 Å². The van der Waals surface area contributed by atoms with Crippen LogP contribution in [-0.4, -0.2) is 29.9 Å². The van der Waals surface area contributed by atoms with Crippen molar-refractivity contribution in [1.29, 1.82) is 0 Å². The molecule has 0 aliphatic carbocycles. The van der Waals surface area contributed by atoms with Gasteiger partial charge in [0.15, 0.2) is 0 Å². The van der Waals surface area contributed by atoms with Crippen LogP contribution in [0.15, 0.2) is 11.6 Å². The molecule has 0 aromatic heterocycles. The van der Waals surface area contributed by atoms with E-state index in [1.807, 2.05) is 11.8 Å². The molecule has 2 N–H and O–H groups in total. The average molecular weight is 182 g/mol. The van der Waals surface area contributed by atoms with E-state index in [1.54, 1.807) is 0 Å². The SMILES string of the molecule is CC[C@H](N)C(=O)N1CCC=C(C)C1. The van der Waals surface area contributed by atoms with E-state index in [0.717, 1.165) is 25.9 Å². The van der Waals surface area contributed by atoms with Crippen LogP contribution < -0.4 is 5.73 Å². The van der Waals surface area contributed by atoms with Crippen LogP contribution in [0.4, 0.5) is 0 Å². The lowest BCUT2D eigenvalue weighted by Gasteiger charge is -2.28. The Hall–Kier alpha value is -0.830. The van der Waals surface area contributed by atoms with Crippen LogP contribution >= 0.6 is 0 Å². The summed E-state index contributed by atoms with van der Waals surface area (Å²) in [7, 11) is 0. The van der Waals surface area contributed by atoms with Crippen LogP contribution in [0.25, 0.3) is 0 Å². The molecule has 74 valence electrons. The Kier molecular flexibility index (Phi) is 3.48. The second kappa shape index (κ2) is 4.42. The van der Waals surface area contributed by atoms with E-state index in [9.17, 15) is 4.79 Å². The number of amides is 1. The summed E-state index contributed by atoms with van der Waals surface area (Å²) in [6.07, 6.45) is 3.87. The molecule has 0 fully saturated rings. The molecule has 0 radical (unpaired) electrons. The maximum atomic E-state index is 11.6. The summed E-state index contributed by atoms with van der Waals surface area (Å²) >= 11 is 0. The van der Waals surface area contributed by atoms with Crippen LogP contribution in [0.1, 0.15) is 26.7 Å². The van der Waals surface area contributed by atoms with E-state index >= 15 is 0 Å². The minimum atomic E-state index is -0.314. The van der Waals surface area contributed by atoms with Gasteiger partial charge in [-0.1, -0.05) is 18.6 Å². The van der Waals surface area contributed by atoms with Crippen LogP contribution in [0.5, 0.6) is 0 Å². The topological polar surface area (TPSA) is 46.3 Å². The molecule has 3 nitrogen and oxygen atoms in total. The van der Waals surface area contributed by atoms with E-state index in [-0.39, 0.29) is 11.9 Å². The smallest absolute Gasteiger partial charge is 0.239 e. The lowest BCUT2D eigenvalue weighted by Crippen LogP contribution is -2.45. The lowest BCUT2D eigenvalue weighted by atomic mass is 10.1. The second-order valence-corrected chi connectivity index (χ2v) is 3.61. The van der Waals surface area contributed by atoms with E-state index in [2.05, 4.69) is 13.0 Å². The first kappa shape index (κ1) is 10.3. The van der Waals surface area contributed by atoms with E-state index in [4.69, 9.17) is 5.73 Å². The number of carbonyl (C=O) groups is 1. The number of hydrogen-bond donors (Lipinski definition) is 1. The molecule has 0 aromatic carbocycles. The quantitative estimate of drug-likeness (QED) is 0.645. The highest BCUT2D eigenvalue weighted by molar-refractivity contribution is 5.81. The Morgan fingerprint density at radius 2 is 2.46 bits per heavy atom. The largest absolute Gasteiger partial charge is 0.337 e. The first-order valence-corrected chi connectivity index (χ1v) is 4.85. The van der Waals surface area contributed by atoms with Gasteiger partial charge in [0.1, 0.15) is 0 Å². The maximum absolute atomic E-state index is 11.6. The molecule has 1 aliphatic rings. The second-order valence-electron chi connectivity index (χ2n) is 3.61. The molecule has 1 amide bonds. The molecule has 1 heterocycles. The van der Waals surface area contributed by atoms with Gasteiger partial charge in [0.25, 0.3) is 0 Å². The van der Waals surface area contributed by atoms with Crippen LogP contribution in [-0.2, 0) is 4.79 Å². The van der Waals surface area contributed by atoms with Gasteiger partial charge in [0.05, 0.1) is 6.04 Å². The minimum Gasteiger partial charge on any atom is -0.337 e. The highest BCUT2D eigenvalue weighted by atomic mass is 16.2. The Labute approximate surface area is 79.6 Å². The monoisotopic (exact) mass is 182 g/mol. The first-order chi connectivity index (χ1) is 6.15. The zero-order valence-corrected chi connectivity index (χ0v) is 8.42. The Morgan fingerprint density at radius 3 is 3.00 bits per heavy atom. The Bertz CT molecular complexity index is 223. The molecule has 1 atom stereocenters. The van der Waals surface area contributed by atoms with Crippen molar-refractivity contribution in [3.8, 4) is 0 Å². The molecule has 0 saturated heterocycles. The molecule has 0 aromatic rings. The van der Waals surface area contributed by atoms with Crippen molar-refractivity contribution in [2.75, 3.05) is 13.1 Å². The van der Waals surface area contributed by atoms with Crippen LogP contribution in [0, 0.1) is 0 Å². The zero-order chi connectivity index (χ0) is 9.84. The summed E-state index contributed by atoms with van der Waals surface area (Å²) in [5, 5.41) is 0. The number of carbonyl (C=O) groups excluding carboxylic acids is 1. The van der Waals surface area contributed by atoms with Crippen molar-refractivity contribution in [3.63, 3.8) is 0 Å². The Balaban J connectivity index is 2.53. The van der Waals surface area contributed by atoms with Gasteiger partial charge < -0.3 is 10.6 Å². The van der Waals surface area contributed by atoms with Crippen LogP contribution in [0.2, 0.25) is 0 Å². The molecule has 0 spiro atoms. The minimum absolute atomic E-state index is 0.0925. The third-order valence-electron chi connectivity index (χ3n) is 2.40. The number of nitrogens with zero attached hydrogens (tertiary/aromatic N) is 1. The molecule has 1 aliphatic heterocycles. The fourth-order valence-corrected chi connectivity index (χ4v) is 1.51. The van der Waals surface area contributed by atoms with Gasteiger partial charge >= 0.3 is 0 Å². The number of hydrogen-bond acceptors (Lipinski definition) is 2.